The van der Waals surface area contributed by atoms with E-state index in [1.54, 1.807) is 0 Å². The summed E-state index contributed by atoms with van der Waals surface area (Å²) in [6.45, 7) is 1.59. The first kappa shape index (κ1) is 13.5. The summed E-state index contributed by atoms with van der Waals surface area (Å²) in [7, 11) is -1.54. The van der Waals surface area contributed by atoms with Crippen molar-refractivity contribution in [3.8, 4) is 0 Å². The molecular weight excluding hydrogens is 254 g/mol. The summed E-state index contributed by atoms with van der Waals surface area (Å²) in [5, 5.41) is 6.28. The molecule has 0 saturated carbocycles. The van der Waals surface area contributed by atoms with Crippen molar-refractivity contribution in [3.63, 3.8) is 0 Å². The van der Waals surface area contributed by atoms with Crippen LogP contribution in [0.25, 0.3) is 0 Å². The van der Waals surface area contributed by atoms with Crippen LogP contribution in [0.1, 0.15) is 18.4 Å². The second kappa shape index (κ2) is 5.35. The second-order valence-corrected chi connectivity index (χ2v) is 6.26. The zero-order chi connectivity index (χ0) is 13.2. The van der Waals surface area contributed by atoms with Gasteiger partial charge in [-0.1, -0.05) is 0 Å². The van der Waals surface area contributed by atoms with Crippen molar-refractivity contribution in [3.05, 3.63) is 11.8 Å². The Morgan fingerprint density at radius 1 is 1.67 bits per heavy atom. The Kier molecular flexibility index (Phi) is 4.00. The summed E-state index contributed by atoms with van der Waals surface area (Å²) >= 11 is 0. The van der Waals surface area contributed by atoms with E-state index in [-0.39, 0.29) is 17.6 Å². The van der Waals surface area contributed by atoms with Crippen molar-refractivity contribution in [2.45, 2.75) is 30.5 Å². The Bertz CT molecular complexity index is 498. The molecule has 2 heterocycles. The lowest BCUT2D eigenvalue weighted by Gasteiger charge is -2.19. The van der Waals surface area contributed by atoms with Crippen LogP contribution in [-0.4, -0.2) is 49.7 Å². The molecule has 8 heteroatoms. The van der Waals surface area contributed by atoms with E-state index in [1.165, 1.54) is 6.20 Å². The number of likely N-dealkylation sites (N-methyl/N-ethyl adjacent to an activating group) is 1. The first-order chi connectivity index (χ1) is 8.54. The molecule has 7 nitrogen and oxygen atoms in total. The zero-order valence-corrected chi connectivity index (χ0v) is 11.2. The number of likely N-dealkylation sites (tertiary alicyclic amines) is 1. The van der Waals surface area contributed by atoms with Gasteiger partial charge in [-0.05, 0) is 26.4 Å². The SMILES string of the molecule is CN1CCCC1CNS(=O)(=O)c1[nH]ncc1CN. The maximum Gasteiger partial charge on any atom is 0.257 e. The topological polar surface area (TPSA) is 104 Å². The smallest absolute Gasteiger partial charge is 0.257 e. The van der Waals surface area contributed by atoms with Crippen LogP contribution in [0, 0.1) is 0 Å². The van der Waals surface area contributed by atoms with Gasteiger partial charge in [0.1, 0.15) is 0 Å². The third-order valence-electron chi connectivity index (χ3n) is 3.35. The number of hydrogen-bond acceptors (Lipinski definition) is 5. The van der Waals surface area contributed by atoms with Crippen LogP contribution in [0.5, 0.6) is 0 Å². The van der Waals surface area contributed by atoms with Gasteiger partial charge in [0.05, 0.1) is 6.20 Å². The van der Waals surface area contributed by atoms with Gasteiger partial charge in [-0.15, -0.1) is 0 Å². The quantitative estimate of drug-likeness (QED) is 0.654. The van der Waals surface area contributed by atoms with E-state index in [1.807, 2.05) is 7.05 Å². The lowest BCUT2D eigenvalue weighted by molar-refractivity contribution is 0.310. The average Bonchev–Trinajstić information content (AvgIpc) is 2.95. The zero-order valence-electron chi connectivity index (χ0n) is 10.4. The first-order valence-electron chi connectivity index (χ1n) is 5.97. The lowest BCUT2D eigenvalue weighted by Crippen LogP contribution is -2.38. The number of aromatic amines is 1. The second-order valence-electron chi connectivity index (χ2n) is 4.56. The molecule has 18 heavy (non-hydrogen) atoms. The Balaban J connectivity index is 2.03. The van der Waals surface area contributed by atoms with Crippen LogP contribution in [0.15, 0.2) is 11.2 Å². The minimum atomic E-state index is -3.55. The number of rotatable bonds is 5. The van der Waals surface area contributed by atoms with Crippen LogP contribution in [0.3, 0.4) is 0 Å². The van der Waals surface area contributed by atoms with Gasteiger partial charge in [0.2, 0.25) is 0 Å². The minimum Gasteiger partial charge on any atom is -0.326 e. The summed E-state index contributed by atoms with van der Waals surface area (Å²) in [4.78, 5) is 2.17. The molecule has 0 radical (unpaired) electrons. The van der Waals surface area contributed by atoms with Gasteiger partial charge in [0.15, 0.2) is 5.03 Å². The number of aromatic nitrogens is 2. The van der Waals surface area contributed by atoms with Gasteiger partial charge in [0, 0.05) is 24.7 Å². The van der Waals surface area contributed by atoms with Crippen molar-refractivity contribution in [1.82, 2.24) is 19.8 Å². The van der Waals surface area contributed by atoms with E-state index >= 15 is 0 Å². The van der Waals surface area contributed by atoms with Crippen LogP contribution >= 0.6 is 0 Å². The molecular formula is C10H19N5O2S. The highest BCUT2D eigenvalue weighted by atomic mass is 32.2. The monoisotopic (exact) mass is 273 g/mol. The fraction of sp³-hybridized carbons (Fsp3) is 0.700. The van der Waals surface area contributed by atoms with E-state index in [0.717, 1.165) is 19.4 Å². The highest BCUT2D eigenvalue weighted by molar-refractivity contribution is 7.89. The number of H-pyrrole nitrogens is 1. The third kappa shape index (κ3) is 2.72. The molecule has 0 spiro atoms. The summed E-state index contributed by atoms with van der Waals surface area (Å²) in [6.07, 6.45) is 3.57. The molecule has 102 valence electrons. The van der Waals surface area contributed by atoms with E-state index in [4.69, 9.17) is 5.73 Å². The maximum absolute atomic E-state index is 12.1. The highest BCUT2D eigenvalue weighted by Crippen LogP contribution is 2.15. The Morgan fingerprint density at radius 2 is 2.44 bits per heavy atom. The molecule has 1 aromatic rings. The Morgan fingerprint density at radius 3 is 3.06 bits per heavy atom. The van der Waals surface area contributed by atoms with Crippen molar-refractivity contribution in [1.29, 1.82) is 0 Å². The molecule has 0 bridgehead atoms. The molecule has 0 amide bonds. The molecule has 0 aromatic carbocycles. The predicted octanol–water partition coefficient (Wildman–Crippen LogP) is -0.759. The van der Waals surface area contributed by atoms with Crippen LogP contribution in [0.4, 0.5) is 0 Å². The number of nitrogens with two attached hydrogens (primary N) is 1. The predicted molar refractivity (Wildman–Crippen MR) is 67.3 cm³/mol. The normalized spacial score (nSPS) is 21.6. The van der Waals surface area contributed by atoms with E-state index in [2.05, 4.69) is 19.8 Å². The summed E-state index contributed by atoms with van der Waals surface area (Å²) in [5.74, 6) is 0. The maximum atomic E-state index is 12.1. The number of sulfonamides is 1. The van der Waals surface area contributed by atoms with Crippen molar-refractivity contribution in [2.75, 3.05) is 20.1 Å². The van der Waals surface area contributed by atoms with Gasteiger partial charge in [-0.2, -0.15) is 5.10 Å². The number of nitrogens with zero attached hydrogens (tertiary/aromatic N) is 2. The van der Waals surface area contributed by atoms with E-state index < -0.39 is 10.0 Å². The fourth-order valence-electron chi connectivity index (χ4n) is 2.19. The van der Waals surface area contributed by atoms with Crippen LogP contribution < -0.4 is 10.5 Å². The van der Waals surface area contributed by atoms with Crippen LogP contribution in [-0.2, 0) is 16.6 Å². The van der Waals surface area contributed by atoms with E-state index in [0.29, 0.717) is 12.1 Å². The molecule has 4 N–H and O–H groups in total. The summed E-state index contributed by atoms with van der Waals surface area (Å²) in [5.41, 5.74) is 5.97. The molecule has 0 aliphatic carbocycles. The molecule has 1 aliphatic rings. The number of hydrogen-bond donors (Lipinski definition) is 3. The molecule has 1 aliphatic heterocycles. The average molecular weight is 273 g/mol. The molecule has 1 saturated heterocycles. The van der Waals surface area contributed by atoms with Gasteiger partial charge in [0.25, 0.3) is 10.0 Å². The summed E-state index contributed by atoms with van der Waals surface area (Å²) < 4.78 is 26.8. The van der Waals surface area contributed by atoms with Gasteiger partial charge in [-0.25, -0.2) is 13.1 Å². The van der Waals surface area contributed by atoms with Crippen molar-refractivity contribution < 1.29 is 8.42 Å². The number of nitrogens with one attached hydrogen (secondary N) is 2. The summed E-state index contributed by atoms with van der Waals surface area (Å²) in [6, 6.07) is 0.268. The first-order valence-corrected chi connectivity index (χ1v) is 7.45. The standard InChI is InChI=1S/C10H19N5O2S/c1-15-4-2-3-9(15)7-13-18(16,17)10-8(5-11)6-12-14-10/h6,9,13H,2-5,7,11H2,1H3,(H,12,14). The van der Waals surface area contributed by atoms with E-state index in [9.17, 15) is 8.42 Å². The third-order valence-corrected chi connectivity index (χ3v) is 4.78. The Labute approximate surface area is 107 Å². The molecule has 2 rings (SSSR count). The van der Waals surface area contributed by atoms with Gasteiger partial charge >= 0.3 is 0 Å². The van der Waals surface area contributed by atoms with Gasteiger partial charge in [-0.3, -0.25) is 5.10 Å². The molecule has 1 fully saturated rings. The largest absolute Gasteiger partial charge is 0.326 e. The Hall–Kier alpha value is -0.960. The highest BCUT2D eigenvalue weighted by Gasteiger charge is 2.25. The minimum absolute atomic E-state index is 0.0747. The molecule has 1 unspecified atom stereocenters. The lowest BCUT2D eigenvalue weighted by atomic mass is 10.2. The fourth-order valence-corrected chi connectivity index (χ4v) is 3.40. The molecule has 1 atom stereocenters. The van der Waals surface area contributed by atoms with Crippen LogP contribution in [0.2, 0.25) is 0 Å². The van der Waals surface area contributed by atoms with Crippen molar-refractivity contribution in [2.24, 2.45) is 5.73 Å². The van der Waals surface area contributed by atoms with Crippen molar-refractivity contribution >= 4 is 10.0 Å². The van der Waals surface area contributed by atoms with Gasteiger partial charge < -0.3 is 10.6 Å². The molecule has 1 aromatic heterocycles.